The molecule has 2 unspecified atom stereocenters. The van der Waals surface area contributed by atoms with Crippen LogP contribution in [0, 0.1) is 0 Å². The molecule has 4 N–H and O–H groups in total. The molecular weight excluding hydrogens is 559 g/mol. The van der Waals surface area contributed by atoms with E-state index >= 15 is 0 Å². The fourth-order valence-corrected chi connectivity index (χ4v) is 20.8. The highest BCUT2D eigenvalue weighted by atomic mass is 28.5. The molecule has 0 aromatic carbocycles. The summed E-state index contributed by atoms with van der Waals surface area (Å²) in [6, 6.07) is 2.16. The van der Waals surface area contributed by atoms with Gasteiger partial charge in [0.15, 0.2) is 0 Å². The fourth-order valence-electron chi connectivity index (χ4n) is 3.92. The van der Waals surface area contributed by atoms with Crippen LogP contribution in [0.4, 0.5) is 0 Å². The predicted molar refractivity (Wildman–Crippen MR) is 166 cm³/mol. The molecule has 0 aromatic heterocycles. The Labute approximate surface area is 233 Å². The Hall–Kier alpha value is 0.684. The Morgan fingerprint density at radius 1 is 0.459 bits per heavy atom. The molecule has 0 aliphatic carbocycles. The number of nitrogens with zero attached hydrogens (tertiary/aromatic N) is 3. The fraction of sp³-hybridized carbons (Fsp3) is 1.00. The zero-order valence-electron chi connectivity index (χ0n) is 26.2. The molecular formula is C22H61N3O7Si5. The van der Waals surface area contributed by atoms with Gasteiger partial charge in [-0.05, 0) is 145 Å². The summed E-state index contributed by atoms with van der Waals surface area (Å²) in [5.74, 6) is 0. The van der Waals surface area contributed by atoms with Gasteiger partial charge in [-0.3, -0.25) is 0 Å². The van der Waals surface area contributed by atoms with Gasteiger partial charge in [0.2, 0.25) is 0 Å². The van der Waals surface area contributed by atoms with E-state index in [4.69, 9.17) is 12.3 Å². The van der Waals surface area contributed by atoms with E-state index in [1.165, 1.54) is 0 Å². The topological polar surface area (TPSA) is 118 Å². The minimum atomic E-state index is -2.71. The molecule has 0 amide bonds. The van der Waals surface area contributed by atoms with Crippen molar-refractivity contribution < 1.29 is 31.5 Å². The minimum absolute atomic E-state index is 0.683. The van der Waals surface area contributed by atoms with E-state index in [2.05, 4.69) is 14.7 Å². The summed E-state index contributed by atoms with van der Waals surface area (Å²) in [6.45, 7) is 15.3. The van der Waals surface area contributed by atoms with Crippen molar-refractivity contribution in [2.24, 2.45) is 0 Å². The van der Waals surface area contributed by atoms with Crippen molar-refractivity contribution in [3.63, 3.8) is 0 Å². The van der Waals surface area contributed by atoms with E-state index in [9.17, 15) is 19.2 Å². The molecule has 0 aliphatic rings. The van der Waals surface area contributed by atoms with Gasteiger partial charge in [-0.1, -0.05) is 0 Å². The van der Waals surface area contributed by atoms with Crippen molar-refractivity contribution in [1.82, 2.24) is 14.7 Å². The summed E-state index contributed by atoms with van der Waals surface area (Å²) in [7, 11) is -1.07. The zero-order chi connectivity index (χ0) is 29.7. The van der Waals surface area contributed by atoms with Crippen molar-refractivity contribution in [2.75, 3.05) is 61.9 Å². The first kappa shape index (κ1) is 39.8. The lowest BCUT2D eigenvalue weighted by molar-refractivity contribution is 0.283. The van der Waals surface area contributed by atoms with Crippen LogP contribution in [-0.4, -0.2) is 139 Å². The molecule has 0 bridgehead atoms. The molecule has 2 atom stereocenters. The summed E-state index contributed by atoms with van der Waals surface area (Å²) in [6.07, 6.45) is 2.77. The van der Waals surface area contributed by atoms with Crippen molar-refractivity contribution >= 4 is 42.8 Å². The normalized spacial score (nSPS) is 16.5. The molecule has 0 aliphatic heterocycles. The molecule has 0 aromatic rings. The number of rotatable bonds is 18. The van der Waals surface area contributed by atoms with Crippen LogP contribution in [-0.2, 0) is 12.3 Å². The molecule has 10 nitrogen and oxygen atoms in total. The molecule has 226 valence electrons. The lowest BCUT2D eigenvalue weighted by atomic mass is 10.5. The second-order valence-electron chi connectivity index (χ2n) is 12.4. The lowest BCUT2D eigenvalue weighted by Crippen LogP contribution is -2.54. The van der Waals surface area contributed by atoms with Gasteiger partial charge >= 0.3 is 42.8 Å². The van der Waals surface area contributed by atoms with Crippen molar-refractivity contribution in [1.29, 1.82) is 0 Å². The average Bonchev–Trinajstić information content (AvgIpc) is 2.55. The van der Waals surface area contributed by atoms with Crippen LogP contribution < -0.4 is 0 Å². The third-order valence-electron chi connectivity index (χ3n) is 5.10. The van der Waals surface area contributed by atoms with Crippen molar-refractivity contribution in [3.8, 4) is 0 Å². The van der Waals surface area contributed by atoms with Gasteiger partial charge in [-0.2, -0.15) is 0 Å². The quantitative estimate of drug-likeness (QED) is 0.170. The van der Waals surface area contributed by atoms with Crippen LogP contribution in [0.3, 0.4) is 0 Å². The second kappa shape index (κ2) is 17.5. The molecule has 15 heteroatoms. The monoisotopic (exact) mass is 619 g/mol. The van der Waals surface area contributed by atoms with Gasteiger partial charge in [0, 0.05) is 0 Å². The molecule has 0 fully saturated rings. The van der Waals surface area contributed by atoms with Gasteiger partial charge in [-0.25, -0.2) is 0 Å². The molecule has 0 rings (SSSR count). The molecule has 0 saturated carbocycles. The van der Waals surface area contributed by atoms with Gasteiger partial charge < -0.3 is 46.2 Å². The first-order valence-electron chi connectivity index (χ1n) is 13.3. The maximum absolute atomic E-state index is 10.3. The number of hydrogen-bond donors (Lipinski definition) is 4. The third-order valence-corrected chi connectivity index (χ3v) is 19.9. The van der Waals surface area contributed by atoms with Crippen LogP contribution in [0.15, 0.2) is 0 Å². The maximum Gasteiger partial charge on any atom is 0.323 e. The summed E-state index contributed by atoms with van der Waals surface area (Å²) >= 11 is 0. The molecule has 0 radical (unpaired) electrons. The smallest absolute Gasteiger partial charge is 0.323 e. The summed E-state index contributed by atoms with van der Waals surface area (Å²) in [5, 5.41) is 0. The Balaban J connectivity index is 0. The average molecular weight is 620 g/mol. The van der Waals surface area contributed by atoms with Gasteiger partial charge in [0.1, 0.15) is 0 Å². The SMILES string of the molecule is CN(C)CCC[Si](C)(O)O[Si](C)(O)CCCN(C)C.CN(C)CCC[Si](C)(O[Si](C)(C)O)O[Si](C)(C)O. The Bertz CT molecular complexity index is 562. The van der Waals surface area contributed by atoms with E-state index in [0.717, 1.165) is 44.9 Å². The van der Waals surface area contributed by atoms with Gasteiger partial charge in [0.25, 0.3) is 0 Å². The zero-order valence-corrected chi connectivity index (χ0v) is 31.2. The summed E-state index contributed by atoms with van der Waals surface area (Å²) in [4.78, 5) is 46.9. The van der Waals surface area contributed by atoms with E-state index in [1.54, 1.807) is 39.3 Å². The van der Waals surface area contributed by atoms with Crippen LogP contribution in [0.1, 0.15) is 19.3 Å². The highest BCUT2D eigenvalue weighted by Crippen LogP contribution is 2.24. The summed E-state index contributed by atoms with van der Waals surface area (Å²) in [5.41, 5.74) is 0. The van der Waals surface area contributed by atoms with Crippen molar-refractivity contribution in [3.05, 3.63) is 0 Å². The first-order chi connectivity index (χ1) is 16.4. The highest BCUT2D eigenvalue weighted by molar-refractivity contribution is 6.84. The number of hydrogen-bond acceptors (Lipinski definition) is 10. The van der Waals surface area contributed by atoms with Crippen molar-refractivity contribution in [2.45, 2.75) is 83.2 Å². The van der Waals surface area contributed by atoms with Gasteiger partial charge in [-0.15, -0.1) is 0 Å². The van der Waals surface area contributed by atoms with E-state index in [1.807, 2.05) is 48.8 Å². The summed E-state index contributed by atoms with van der Waals surface area (Å²) < 4.78 is 17.4. The van der Waals surface area contributed by atoms with E-state index < -0.39 is 42.8 Å². The minimum Gasteiger partial charge on any atom is -0.415 e. The van der Waals surface area contributed by atoms with Crippen LogP contribution in [0.5, 0.6) is 0 Å². The Morgan fingerprint density at radius 3 is 0.973 bits per heavy atom. The molecule has 0 saturated heterocycles. The third kappa shape index (κ3) is 28.0. The first-order valence-corrected chi connectivity index (χ1v) is 26.7. The standard InChI is InChI=1S/C12H32N2O3Si2.C10H29NO4Si3/c1-13(2)9-7-11-18(5,15)17-19(6,16)12-8-10-14(3)4;1-11(2)9-8-10-18(7,14-16(3,4)12)15-17(5,6)13/h15-16H,7-12H2,1-6H3;12-13H,8-10H2,1-7H3. The highest BCUT2D eigenvalue weighted by Gasteiger charge is 2.42. The Morgan fingerprint density at radius 2 is 0.730 bits per heavy atom. The predicted octanol–water partition coefficient (Wildman–Crippen LogP) is 2.47. The molecule has 0 heterocycles. The van der Waals surface area contributed by atoms with Crippen LogP contribution in [0.25, 0.3) is 0 Å². The largest absolute Gasteiger partial charge is 0.415 e. The molecule has 0 spiro atoms. The van der Waals surface area contributed by atoms with Crippen LogP contribution in [0.2, 0.25) is 64.0 Å². The second-order valence-corrected chi connectivity index (χ2v) is 29.1. The van der Waals surface area contributed by atoms with Gasteiger partial charge in [0.05, 0.1) is 0 Å². The van der Waals surface area contributed by atoms with E-state index in [0.29, 0.717) is 12.1 Å². The van der Waals surface area contributed by atoms with Crippen LogP contribution >= 0.6 is 0 Å². The molecule has 37 heavy (non-hydrogen) atoms. The lowest BCUT2D eigenvalue weighted by Gasteiger charge is -2.36. The maximum atomic E-state index is 10.3. The Kier molecular flexibility index (Phi) is 18.8. The van der Waals surface area contributed by atoms with E-state index in [-0.39, 0.29) is 0 Å².